The molecule has 2 heterocycles. The highest BCUT2D eigenvalue weighted by atomic mass is 16.3. The molecule has 2 aromatic heterocycles. The number of para-hydroxylation sites is 2. The quantitative estimate of drug-likeness (QED) is 0.446. The van der Waals surface area contributed by atoms with E-state index in [1.54, 1.807) is 10.9 Å². The number of nitrogens with zero attached hydrogens (tertiary/aromatic N) is 3. The Balaban J connectivity index is 1.92. The Morgan fingerprint density at radius 3 is 2.59 bits per heavy atom. The van der Waals surface area contributed by atoms with Crippen molar-refractivity contribution in [1.29, 1.82) is 5.26 Å². The van der Waals surface area contributed by atoms with Crippen LogP contribution in [-0.2, 0) is 4.79 Å². The molecule has 0 spiro atoms. The van der Waals surface area contributed by atoms with Crippen LogP contribution in [0.25, 0.3) is 34.2 Å². The number of benzene rings is 2. The fourth-order valence-electron chi connectivity index (χ4n) is 2.81. The van der Waals surface area contributed by atoms with Gasteiger partial charge in [-0.15, -0.1) is 0 Å². The first-order valence-corrected chi connectivity index (χ1v) is 8.21. The SMILES string of the molecule is N#CC(=Cc1cn(-c2ccccc2)nc1-c1cc2ccccc2o1)C(N)=O. The van der Waals surface area contributed by atoms with E-state index in [1.807, 2.05) is 66.7 Å². The Hall–Kier alpha value is -4.11. The third-order valence-corrected chi connectivity index (χ3v) is 4.11. The molecule has 4 rings (SSSR count). The van der Waals surface area contributed by atoms with Gasteiger partial charge in [0.05, 0.1) is 5.69 Å². The second-order valence-corrected chi connectivity index (χ2v) is 5.90. The summed E-state index contributed by atoms with van der Waals surface area (Å²) in [5.74, 6) is -0.251. The van der Waals surface area contributed by atoms with E-state index in [9.17, 15) is 10.1 Å². The molecule has 4 aromatic rings. The number of nitrogens with two attached hydrogens (primary N) is 1. The molecule has 0 atom stereocenters. The molecule has 1 amide bonds. The molecule has 2 aromatic carbocycles. The summed E-state index contributed by atoms with van der Waals surface area (Å²) in [7, 11) is 0. The van der Waals surface area contributed by atoms with Crippen molar-refractivity contribution < 1.29 is 9.21 Å². The van der Waals surface area contributed by atoms with E-state index in [0.29, 0.717) is 17.0 Å². The highest BCUT2D eigenvalue weighted by Gasteiger charge is 2.17. The van der Waals surface area contributed by atoms with Gasteiger partial charge in [-0.25, -0.2) is 4.68 Å². The van der Waals surface area contributed by atoms with Crippen LogP contribution in [0.4, 0.5) is 0 Å². The van der Waals surface area contributed by atoms with Gasteiger partial charge in [-0.2, -0.15) is 10.4 Å². The first-order chi connectivity index (χ1) is 13.2. The summed E-state index contributed by atoms with van der Waals surface area (Å²) >= 11 is 0. The number of amides is 1. The van der Waals surface area contributed by atoms with Crippen molar-refractivity contribution >= 4 is 23.0 Å². The Kier molecular flexibility index (Phi) is 4.03. The number of carbonyl (C=O) groups excluding carboxylic acids is 1. The summed E-state index contributed by atoms with van der Waals surface area (Å²) in [6, 6.07) is 20.8. The topological polar surface area (TPSA) is 97.8 Å². The average molecular weight is 354 g/mol. The number of primary amides is 1. The van der Waals surface area contributed by atoms with E-state index in [4.69, 9.17) is 10.2 Å². The summed E-state index contributed by atoms with van der Waals surface area (Å²) < 4.78 is 7.59. The molecule has 0 aliphatic carbocycles. The maximum absolute atomic E-state index is 11.5. The zero-order chi connectivity index (χ0) is 18.8. The molecule has 6 nitrogen and oxygen atoms in total. The Morgan fingerprint density at radius 2 is 1.89 bits per heavy atom. The Morgan fingerprint density at radius 1 is 1.15 bits per heavy atom. The molecule has 130 valence electrons. The minimum absolute atomic E-state index is 0.153. The number of rotatable bonds is 4. The standard InChI is InChI=1S/C21H14N4O2/c22-12-15(21(23)26)10-16-13-25(17-7-2-1-3-8-17)24-20(16)19-11-14-6-4-5-9-18(14)27-19/h1-11,13H,(H2,23,26). The molecule has 0 unspecified atom stereocenters. The Bertz CT molecular complexity index is 1180. The second kappa shape index (κ2) is 6.65. The minimum atomic E-state index is -0.791. The molecule has 2 N–H and O–H groups in total. The second-order valence-electron chi connectivity index (χ2n) is 5.90. The fourth-order valence-corrected chi connectivity index (χ4v) is 2.81. The predicted octanol–water partition coefficient (Wildman–Crippen LogP) is 3.68. The molecule has 6 heteroatoms. The van der Waals surface area contributed by atoms with E-state index in [0.717, 1.165) is 16.7 Å². The van der Waals surface area contributed by atoms with Crippen LogP contribution in [0.3, 0.4) is 0 Å². The number of aromatic nitrogens is 2. The zero-order valence-corrected chi connectivity index (χ0v) is 14.2. The van der Waals surface area contributed by atoms with Crippen LogP contribution in [0.5, 0.6) is 0 Å². The molecular weight excluding hydrogens is 340 g/mol. The average Bonchev–Trinajstić information content (AvgIpc) is 3.30. The number of hydrogen-bond donors (Lipinski definition) is 1. The van der Waals surface area contributed by atoms with Gasteiger partial charge >= 0.3 is 0 Å². The van der Waals surface area contributed by atoms with E-state index in [2.05, 4.69) is 5.10 Å². The van der Waals surface area contributed by atoms with Crippen LogP contribution in [0.1, 0.15) is 5.56 Å². The number of nitriles is 1. The van der Waals surface area contributed by atoms with Crippen molar-refractivity contribution in [2.75, 3.05) is 0 Å². The van der Waals surface area contributed by atoms with Gasteiger partial charge in [-0.05, 0) is 30.3 Å². The molecular formula is C21H14N4O2. The van der Waals surface area contributed by atoms with Gasteiger partial charge in [0.1, 0.15) is 22.9 Å². The van der Waals surface area contributed by atoms with Crippen LogP contribution >= 0.6 is 0 Å². The molecule has 0 radical (unpaired) electrons. The van der Waals surface area contributed by atoms with Gasteiger partial charge in [0.2, 0.25) is 0 Å². The van der Waals surface area contributed by atoms with Crippen molar-refractivity contribution in [3.8, 4) is 23.2 Å². The highest BCUT2D eigenvalue weighted by Crippen LogP contribution is 2.30. The normalized spacial score (nSPS) is 11.4. The van der Waals surface area contributed by atoms with Crippen LogP contribution in [0.15, 0.2) is 76.9 Å². The summed E-state index contributed by atoms with van der Waals surface area (Å²) in [5.41, 5.74) is 7.78. The summed E-state index contributed by atoms with van der Waals surface area (Å²) in [6.07, 6.45) is 3.16. The first-order valence-electron chi connectivity index (χ1n) is 8.21. The molecule has 0 fully saturated rings. The van der Waals surface area contributed by atoms with Crippen molar-refractivity contribution in [2.45, 2.75) is 0 Å². The smallest absolute Gasteiger partial charge is 0.259 e. The van der Waals surface area contributed by atoms with Gasteiger partial charge in [0, 0.05) is 17.1 Å². The fraction of sp³-hybridized carbons (Fsp3) is 0. The lowest BCUT2D eigenvalue weighted by atomic mass is 10.1. The lowest BCUT2D eigenvalue weighted by Gasteiger charge is -1.98. The zero-order valence-electron chi connectivity index (χ0n) is 14.2. The molecule has 0 aliphatic heterocycles. The van der Waals surface area contributed by atoms with Crippen molar-refractivity contribution in [3.05, 3.63) is 78.0 Å². The van der Waals surface area contributed by atoms with Crippen LogP contribution in [-0.4, -0.2) is 15.7 Å². The summed E-state index contributed by atoms with van der Waals surface area (Å²) in [6.45, 7) is 0. The molecule has 27 heavy (non-hydrogen) atoms. The van der Waals surface area contributed by atoms with Crippen molar-refractivity contribution in [3.63, 3.8) is 0 Å². The van der Waals surface area contributed by atoms with Gasteiger partial charge < -0.3 is 10.2 Å². The summed E-state index contributed by atoms with van der Waals surface area (Å²) in [4.78, 5) is 11.5. The van der Waals surface area contributed by atoms with E-state index < -0.39 is 5.91 Å². The highest BCUT2D eigenvalue weighted by molar-refractivity contribution is 6.01. The van der Waals surface area contributed by atoms with Crippen LogP contribution < -0.4 is 5.73 Å². The van der Waals surface area contributed by atoms with E-state index in [-0.39, 0.29) is 5.57 Å². The maximum atomic E-state index is 11.5. The van der Waals surface area contributed by atoms with E-state index >= 15 is 0 Å². The lowest BCUT2D eigenvalue weighted by molar-refractivity contribution is -0.114. The molecule has 0 aliphatic rings. The molecule has 0 saturated heterocycles. The lowest BCUT2D eigenvalue weighted by Crippen LogP contribution is -2.12. The predicted molar refractivity (Wildman–Crippen MR) is 102 cm³/mol. The summed E-state index contributed by atoms with van der Waals surface area (Å²) in [5, 5.41) is 14.7. The molecule has 0 bridgehead atoms. The number of hydrogen-bond acceptors (Lipinski definition) is 4. The Labute approximate surface area is 154 Å². The van der Waals surface area contributed by atoms with Gasteiger partial charge in [-0.1, -0.05) is 36.4 Å². The molecule has 0 saturated carbocycles. The number of fused-ring (bicyclic) bond motifs is 1. The van der Waals surface area contributed by atoms with Crippen molar-refractivity contribution in [2.24, 2.45) is 5.73 Å². The number of furan rings is 1. The third kappa shape index (κ3) is 3.10. The first kappa shape index (κ1) is 16.4. The van der Waals surface area contributed by atoms with Crippen molar-refractivity contribution in [1.82, 2.24) is 9.78 Å². The van der Waals surface area contributed by atoms with Crippen LogP contribution in [0, 0.1) is 11.3 Å². The van der Waals surface area contributed by atoms with Gasteiger partial charge in [0.25, 0.3) is 5.91 Å². The minimum Gasteiger partial charge on any atom is -0.454 e. The monoisotopic (exact) mass is 354 g/mol. The largest absolute Gasteiger partial charge is 0.454 e. The number of carbonyl (C=O) groups is 1. The van der Waals surface area contributed by atoms with Gasteiger partial charge in [0.15, 0.2) is 5.76 Å². The third-order valence-electron chi connectivity index (χ3n) is 4.11. The maximum Gasteiger partial charge on any atom is 0.259 e. The van der Waals surface area contributed by atoms with Crippen LogP contribution in [0.2, 0.25) is 0 Å². The van der Waals surface area contributed by atoms with Gasteiger partial charge in [-0.3, -0.25) is 4.79 Å². The van der Waals surface area contributed by atoms with E-state index in [1.165, 1.54) is 6.08 Å².